The van der Waals surface area contributed by atoms with Crippen LogP contribution in [0.15, 0.2) is 72.8 Å². The average molecular weight is 364 g/mol. The number of hydrogen-bond acceptors (Lipinski definition) is 2. The molecule has 0 radical (unpaired) electrons. The molecule has 0 N–H and O–H groups in total. The molecule has 2 aliphatic heterocycles. The van der Waals surface area contributed by atoms with Gasteiger partial charge in [0.2, 0.25) is 0 Å². The van der Waals surface area contributed by atoms with E-state index in [1.807, 2.05) is 0 Å². The molecule has 0 saturated carbocycles. The third kappa shape index (κ3) is 2.27. The standard InChI is InChI=1S/C26H20O2/c1-3-7-19-17(5-1)9-11-23-25(19)21(13-15-27-23)22-14-16-28-24-12-10-18-6-2-4-8-20(18)26(22)24/h1-12H,13-16H2/b22-21+. The molecule has 2 nitrogen and oxygen atoms in total. The Morgan fingerprint density at radius 3 is 1.46 bits per heavy atom. The van der Waals surface area contributed by atoms with Crippen LogP contribution in [0.2, 0.25) is 0 Å². The van der Waals surface area contributed by atoms with Crippen molar-refractivity contribution in [3.8, 4) is 11.5 Å². The van der Waals surface area contributed by atoms with E-state index in [2.05, 4.69) is 72.8 Å². The van der Waals surface area contributed by atoms with Crippen molar-refractivity contribution in [1.82, 2.24) is 0 Å². The van der Waals surface area contributed by atoms with E-state index in [0.717, 1.165) is 37.6 Å². The summed E-state index contributed by atoms with van der Waals surface area (Å²) in [6, 6.07) is 25.8. The van der Waals surface area contributed by atoms with Crippen molar-refractivity contribution in [1.29, 1.82) is 0 Å². The maximum Gasteiger partial charge on any atom is 0.127 e. The molecule has 136 valence electrons. The van der Waals surface area contributed by atoms with Crippen LogP contribution >= 0.6 is 0 Å². The molecule has 0 unspecified atom stereocenters. The van der Waals surface area contributed by atoms with Gasteiger partial charge in [-0.05, 0) is 44.8 Å². The van der Waals surface area contributed by atoms with Gasteiger partial charge in [-0.1, -0.05) is 60.7 Å². The van der Waals surface area contributed by atoms with Crippen LogP contribution < -0.4 is 9.47 Å². The molecule has 0 amide bonds. The van der Waals surface area contributed by atoms with Crippen LogP contribution in [0.1, 0.15) is 24.0 Å². The molecule has 0 spiro atoms. The van der Waals surface area contributed by atoms with Crippen LogP contribution in [0.4, 0.5) is 0 Å². The fraction of sp³-hybridized carbons (Fsp3) is 0.154. The lowest BCUT2D eigenvalue weighted by atomic mass is 9.84. The fourth-order valence-corrected chi connectivity index (χ4v) is 4.75. The Kier molecular flexibility index (Phi) is 3.45. The van der Waals surface area contributed by atoms with E-state index >= 15 is 0 Å². The minimum atomic E-state index is 0.727. The maximum atomic E-state index is 6.06. The molecule has 0 aliphatic carbocycles. The van der Waals surface area contributed by atoms with E-state index in [1.165, 1.54) is 43.8 Å². The summed E-state index contributed by atoms with van der Waals surface area (Å²) >= 11 is 0. The third-order valence-electron chi connectivity index (χ3n) is 5.97. The fourth-order valence-electron chi connectivity index (χ4n) is 4.75. The Morgan fingerprint density at radius 1 is 0.500 bits per heavy atom. The molecular weight excluding hydrogens is 344 g/mol. The number of benzene rings is 4. The summed E-state index contributed by atoms with van der Waals surface area (Å²) in [5.41, 5.74) is 5.36. The number of rotatable bonds is 0. The smallest absolute Gasteiger partial charge is 0.127 e. The van der Waals surface area contributed by atoms with Gasteiger partial charge in [-0.15, -0.1) is 0 Å². The summed E-state index contributed by atoms with van der Waals surface area (Å²) < 4.78 is 12.1. The van der Waals surface area contributed by atoms with E-state index in [1.54, 1.807) is 0 Å². The lowest BCUT2D eigenvalue weighted by molar-refractivity contribution is 0.312. The summed E-state index contributed by atoms with van der Waals surface area (Å²) in [6.45, 7) is 1.45. The van der Waals surface area contributed by atoms with Gasteiger partial charge in [-0.2, -0.15) is 0 Å². The SMILES string of the molecule is c1ccc2c3c(ccc2c1)OCC/C3=C1/CCOc2ccc3ccccc3c21. The summed E-state index contributed by atoms with van der Waals surface area (Å²) in [4.78, 5) is 0. The molecule has 6 rings (SSSR count). The molecule has 4 aromatic carbocycles. The highest BCUT2D eigenvalue weighted by Crippen LogP contribution is 2.47. The predicted octanol–water partition coefficient (Wildman–Crippen LogP) is 6.47. The molecule has 0 atom stereocenters. The molecule has 0 aromatic heterocycles. The lowest BCUT2D eigenvalue weighted by Crippen LogP contribution is -2.14. The first-order chi connectivity index (χ1) is 13.9. The number of ether oxygens (including phenoxy) is 2. The quantitative estimate of drug-likeness (QED) is 0.356. The summed E-state index contributed by atoms with van der Waals surface area (Å²) in [7, 11) is 0. The summed E-state index contributed by atoms with van der Waals surface area (Å²) in [6.07, 6.45) is 1.86. The molecule has 2 aliphatic rings. The Labute approximate surface area is 164 Å². The molecular formula is C26H20O2. The van der Waals surface area contributed by atoms with Crippen molar-refractivity contribution in [3.63, 3.8) is 0 Å². The molecule has 0 bridgehead atoms. The van der Waals surface area contributed by atoms with E-state index in [0.29, 0.717) is 0 Å². The second-order valence-electron chi connectivity index (χ2n) is 7.47. The highest BCUT2D eigenvalue weighted by Gasteiger charge is 2.26. The average Bonchev–Trinajstić information content (AvgIpc) is 2.78. The second kappa shape index (κ2) is 6.13. The molecule has 4 aromatic rings. The third-order valence-corrected chi connectivity index (χ3v) is 5.97. The normalized spacial score (nSPS) is 18.3. The second-order valence-corrected chi connectivity index (χ2v) is 7.47. The maximum absolute atomic E-state index is 6.06. The number of hydrogen-bond donors (Lipinski definition) is 0. The monoisotopic (exact) mass is 364 g/mol. The van der Waals surface area contributed by atoms with Crippen LogP contribution in [0.25, 0.3) is 32.7 Å². The van der Waals surface area contributed by atoms with E-state index in [-0.39, 0.29) is 0 Å². The molecule has 0 fully saturated rings. The van der Waals surface area contributed by atoms with Crippen LogP contribution in [-0.4, -0.2) is 13.2 Å². The van der Waals surface area contributed by atoms with E-state index in [9.17, 15) is 0 Å². The van der Waals surface area contributed by atoms with Gasteiger partial charge in [-0.25, -0.2) is 0 Å². The molecule has 2 heterocycles. The highest BCUT2D eigenvalue weighted by molar-refractivity contribution is 6.08. The zero-order valence-corrected chi connectivity index (χ0v) is 15.6. The molecule has 28 heavy (non-hydrogen) atoms. The first-order valence-electron chi connectivity index (χ1n) is 9.92. The first kappa shape index (κ1) is 15.8. The van der Waals surface area contributed by atoms with Gasteiger partial charge in [0, 0.05) is 24.0 Å². The number of fused-ring (bicyclic) bond motifs is 6. The van der Waals surface area contributed by atoms with Gasteiger partial charge in [0.05, 0.1) is 13.2 Å². The largest absolute Gasteiger partial charge is 0.493 e. The zero-order valence-electron chi connectivity index (χ0n) is 15.6. The van der Waals surface area contributed by atoms with Gasteiger partial charge < -0.3 is 9.47 Å². The van der Waals surface area contributed by atoms with Crippen molar-refractivity contribution in [2.45, 2.75) is 12.8 Å². The van der Waals surface area contributed by atoms with Crippen LogP contribution in [-0.2, 0) is 0 Å². The predicted molar refractivity (Wildman–Crippen MR) is 115 cm³/mol. The van der Waals surface area contributed by atoms with Crippen LogP contribution in [0.3, 0.4) is 0 Å². The van der Waals surface area contributed by atoms with Crippen molar-refractivity contribution >= 4 is 32.7 Å². The molecule has 0 saturated heterocycles. The summed E-state index contributed by atoms with van der Waals surface area (Å²) in [5, 5.41) is 5.07. The van der Waals surface area contributed by atoms with Gasteiger partial charge in [-0.3, -0.25) is 0 Å². The van der Waals surface area contributed by atoms with E-state index in [4.69, 9.17) is 9.47 Å². The molecule has 2 heteroatoms. The van der Waals surface area contributed by atoms with Crippen LogP contribution in [0, 0.1) is 0 Å². The first-order valence-corrected chi connectivity index (χ1v) is 9.92. The van der Waals surface area contributed by atoms with Crippen molar-refractivity contribution in [3.05, 3.63) is 83.9 Å². The lowest BCUT2D eigenvalue weighted by Gasteiger charge is -2.29. The summed E-state index contributed by atoms with van der Waals surface area (Å²) in [5.74, 6) is 2.00. The zero-order chi connectivity index (χ0) is 18.5. The van der Waals surface area contributed by atoms with Gasteiger partial charge in [0.15, 0.2) is 0 Å². The van der Waals surface area contributed by atoms with Crippen LogP contribution in [0.5, 0.6) is 11.5 Å². The van der Waals surface area contributed by atoms with Crippen molar-refractivity contribution in [2.75, 3.05) is 13.2 Å². The highest BCUT2D eigenvalue weighted by atomic mass is 16.5. The minimum absolute atomic E-state index is 0.727. The van der Waals surface area contributed by atoms with Gasteiger partial charge >= 0.3 is 0 Å². The van der Waals surface area contributed by atoms with Gasteiger partial charge in [0.1, 0.15) is 11.5 Å². The Bertz CT molecular complexity index is 1170. The Hall–Kier alpha value is -3.26. The van der Waals surface area contributed by atoms with Gasteiger partial charge in [0.25, 0.3) is 0 Å². The van der Waals surface area contributed by atoms with Crippen molar-refractivity contribution in [2.24, 2.45) is 0 Å². The van der Waals surface area contributed by atoms with E-state index < -0.39 is 0 Å². The Morgan fingerprint density at radius 2 is 0.964 bits per heavy atom. The topological polar surface area (TPSA) is 18.5 Å². The Balaban J connectivity index is 1.72. The van der Waals surface area contributed by atoms with Crippen molar-refractivity contribution < 1.29 is 9.47 Å². The minimum Gasteiger partial charge on any atom is -0.493 e.